The third-order valence-electron chi connectivity index (χ3n) is 1.71. The van der Waals surface area contributed by atoms with Crippen molar-refractivity contribution in [3.63, 3.8) is 0 Å². The molecule has 0 radical (unpaired) electrons. The summed E-state index contributed by atoms with van der Waals surface area (Å²) in [5.41, 5.74) is 1.43. The van der Waals surface area contributed by atoms with Crippen LogP contribution in [0.4, 0.5) is 0 Å². The molecule has 0 N–H and O–H groups in total. The Morgan fingerprint density at radius 1 is 1.55 bits per heavy atom. The molecule has 0 amide bonds. The van der Waals surface area contributed by atoms with Crippen LogP contribution in [-0.2, 0) is 17.0 Å². The summed E-state index contributed by atoms with van der Waals surface area (Å²) in [5, 5.41) is 0. The van der Waals surface area contributed by atoms with E-state index in [1.54, 1.807) is 0 Å². The SMILES string of the molecule is [CH2-]C1(C)C=CC=C1C.[Cl][Ti][Cl]. The molecule has 1 unspecified atom stereocenters. The van der Waals surface area contributed by atoms with Crippen molar-refractivity contribution < 1.29 is 17.0 Å². The van der Waals surface area contributed by atoms with E-state index in [9.17, 15) is 0 Å². The third kappa shape index (κ3) is 4.37. The van der Waals surface area contributed by atoms with Gasteiger partial charge in [-0.25, -0.2) is 0 Å². The Morgan fingerprint density at radius 2 is 2.00 bits per heavy atom. The van der Waals surface area contributed by atoms with Crippen LogP contribution in [0, 0.1) is 12.3 Å². The Balaban J connectivity index is 0.000000292. The van der Waals surface area contributed by atoms with Gasteiger partial charge in [0.2, 0.25) is 0 Å². The molecule has 0 aliphatic heterocycles. The van der Waals surface area contributed by atoms with Gasteiger partial charge in [0.1, 0.15) is 0 Å². The Labute approximate surface area is 85.3 Å². The molecule has 0 nitrogen and oxygen atoms in total. The van der Waals surface area contributed by atoms with Gasteiger partial charge in [-0.3, -0.25) is 0 Å². The summed E-state index contributed by atoms with van der Waals surface area (Å²) >= 11 is -0.556. The van der Waals surface area contributed by atoms with E-state index in [-0.39, 0.29) is 5.41 Å². The summed E-state index contributed by atoms with van der Waals surface area (Å²) in [7, 11) is 9.78. The second-order valence-electron chi connectivity index (χ2n) is 2.70. The van der Waals surface area contributed by atoms with Gasteiger partial charge < -0.3 is 6.92 Å². The predicted molar refractivity (Wildman–Crippen MR) is 48.1 cm³/mol. The van der Waals surface area contributed by atoms with Crippen LogP contribution in [0.25, 0.3) is 0 Å². The van der Waals surface area contributed by atoms with Gasteiger partial charge in [-0.2, -0.15) is 0 Å². The Kier molecular flexibility index (Phi) is 5.81. The van der Waals surface area contributed by atoms with E-state index in [2.05, 4.69) is 39.0 Å². The van der Waals surface area contributed by atoms with E-state index in [0.717, 1.165) is 0 Å². The van der Waals surface area contributed by atoms with Crippen molar-refractivity contribution in [1.82, 2.24) is 0 Å². The summed E-state index contributed by atoms with van der Waals surface area (Å²) < 4.78 is 0. The molecule has 0 spiro atoms. The summed E-state index contributed by atoms with van der Waals surface area (Å²) in [6, 6.07) is 0. The number of halogens is 2. The molecular weight excluding hydrogens is 215 g/mol. The fourth-order valence-corrected chi connectivity index (χ4v) is 0.727. The van der Waals surface area contributed by atoms with Gasteiger partial charge in [0.15, 0.2) is 0 Å². The maximum absolute atomic E-state index is 4.89. The molecule has 0 saturated carbocycles. The van der Waals surface area contributed by atoms with Gasteiger partial charge in [0.05, 0.1) is 0 Å². The monoisotopic (exact) mass is 225 g/mol. The van der Waals surface area contributed by atoms with Gasteiger partial charge in [-0.15, -0.1) is 11.5 Å². The maximum atomic E-state index is 4.89. The van der Waals surface area contributed by atoms with Crippen LogP contribution in [0.5, 0.6) is 0 Å². The zero-order valence-electron chi connectivity index (χ0n) is 6.70. The van der Waals surface area contributed by atoms with Crippen LogP contribution < -0.4 is 0 Å². The average Bonchev–Trinajstić information content (AvgIpc) is 2.14. The summed E-state index contributed by atoms with van der Waals surface area (Å²) in [5.74, 6) is 0. The van der Waals surface area contributed by atoms with Crippen molar-refractivity contribution >= 4 is 18.6 Å². The van der Waals surface area contributed by atoms with Crippen molar-refractivity contribution in [3.05, 3.63) is 30.7 Å². The molecule has 11 heavy (non-hydrogen) atoms. The average molecular weight is 226 g/mol. The van der Waals surface area contributed by atoms with Crippen molar-refractivity contribution in [1.29, 1.82) is 0 Å². The summed E-state index contributed by atoms with van der Waals surface area (Å²) in [6.45, 7) is 8.21. The van der Waals surface area contributed by atoms with Crippen LogP contribution >= 0.6 is 18.6 Å². The first kappa shape index (κ1) is 11.8. The molecule has 0 heterocycles. The Bertz CT molecular complexity index is 171. The van der Waals surface area contributed by atoms with E-state index in [4.69, 9.17) is 18.6 Å². The molecule has 0 aromatic carbocycles. The first-order chi connectivity index (χ1) is 5.04. The standard InChI is InChI=1S/C8H11.2ClH.Ti/c1-7-5-4-6-8(7,2)3;;;/h4-6H,2H2,1,3H3;2*1H;/q-1;;;+2/p-2. The van der Waals surface area contributed by atoms with Crippen LogP contribution in [0.1, 0.15) is 13.8 Å². The molecule has 0 saturated heterocycles. The van der Waals surface area contributed by atoms with Gasteiger partial charge in [0.25, 0.3) is 0 Å². The molecule has 1 aliphatic carbocycles. The van der Waals surface area contributed by atoms with Gasteiger partial charge >= 0.3 is 35.6 Å². The fourth-order valence-electron chi connectivity index (χ4n) is 0.727. The Morgan fingerprint density at radius 3 is 2.09 bits per heavy atom. The summed E-state index contributed by atoms with van der Waals surface area (Å²) in [4.78, 5) is 0. The second-order valence-corrected chi connectivity index (χ2v) is 5.28. The van der Waals surface area contributed by atoms with E-state index in [0.29, 0.717) is 0 Å². The quantitative estimate of drug-likeness (QED) is 0.436. The van der Waals surface area contributed by atoms with Crippen LogP contribution in [0.15, 0.2) is 23.8 Å². The number of rotatable bonds is 0. The molecule has 0 aromatic heterocycles. The fraction of sp³-hybridized carbons (Fsp3) is 0.375. The molecule has 0 bridgehead atoms. The van der Waals surface area contributed by atoms with Crippen molar-refractivity contribution in [2.75, 3.05) is 0 Å². The zero-order valence-corrected chi connectivity index (χ0v) is 9.77. The van der Waals surface area contributed by atoms with Crippen LogP contribution in [0.2, 0.25) is 0 Å². The first-order valence-corrected chi connectivity index (χ1v) is 7.52. The van der Waals surface area contributed by atoms with E-state index >= 15 is 0 Å². The minimum absolute atomic E-state index is 0.0833. The van der Waals surface area contributed by atoms with E-state index in [1.807, 2.05) is 0 Å². The topological polar surface area (TPSA) is 0 Å². The zero-order chi connectivity index (χ0) is 8.91. The molecule has 3 heteroatoms. The minimum atomic E-state index is -0.556. The first-order valence-electron chi connectivity index (χ1n) is 3.23. The normalized spacial score (nSPS) is 27.2. The Hall–Kier alpha value is 0.774. The molecule has 1 aliphatic rings. The number of hydrogen-bond donors (Lipinski definition) is 0. The van der Waals surface area contributed by atoms with E-state index < -0.39 is 17.0 Å². The van der Waals surface area contributed by atoms with Crippen molar-refractivity contribution in [3.8, 4) is 0 Å². The molecular formula is C8H11Cl2Ti-. The number of hydrogen-bond acceptors (Lipinski definition) is 0. The van der Waals surface area contributed by atoms with Gasteiger partial charge in [0, 0.05) is 0 Å². The van der Waals surface area contributed by atoms with Gasteiger partial charge in [-0.05, 0) is 6.92 Å². The van der Waals surface area contributed by atoms with E-state index in [1.165, 1.54) is 5.57 Å². The second kappa shape index (κ2) is 5.43. The molecule has 0 aromatic rings. The van der Waals surface area contributed by atoms with Gasteiger partial charge in [-0.1, -0.05) is 24.6 Å². The van der Waals surface area contributed by atoms with Crippen molar-refractivity contribution in [2.45, 2.75) is 13.8 Å². The predicted octanol–water partition coefficient (Wildman–Crippen LogP) is 3.72. The number of allylic oxidation sites excluding steroid dienone is 4. The molecule has 0 fully saturated rings. The van der Waals surface area contributed by atoms with Crippen molar-refractivity contribution in [2.24, 2.45) is 5.41 Å². The molecule has 1 atom stereocenters. The van der Waals surface area contributed by atoms with Crippen LogP contribution in [-0.4, -0.2) is 0 Å². The molecule has 62 valence electrons. The third-order valence-corrected chi connectivity index (χ3v) is 1.71. The summed E-state index contributed by atoms with van der Waals surface area (Å²) in [6.07, 6.45) is 6.28. The van der Waals surface area contributed by atoms with Crippen LogP contribution in [0.3, 0.4) is 0 Å². The molecule has 1 rings (SSSR count).